The minimum absolute atomic E-state index is 0.680. The van der Waals surface area contributed by atoms with Crippen LogP contribution in [0.1, 0.15) is 0 Å². The van der Waals surface area contributed by atoms with Crippen LogP contribution in [0.3, 0.4) is 0 Å². The highest BCUT2D eigenvalue weighted by atomic mass is 32.1. The van der Waals surface area contributed by atoms with E-state index in [9.17, 15) is 0 Å². The van der Waals surface area contributed by atoms with Crippen molar-refractivity contribution in [2.75, 3.05) is 0 Å². The molecule has 2 N–H and O–H groups in total. The second-order valence-corrected chi connectivity index (χ2v) is 6.07. The maximum atomic E-state index is 4.77. The number of nitrogens with zero attached hydrogens (tertiary/aromatic N) is 4. The number of imidazole rings is 1. The van der Waals surface area contributed by atoms with Crippen LogP contribution < -0.4 is 0 Å². The molecule has 5 rings (SSSR count). The van der Waals surface area contributed by atoms with Crippen molar-refractivity contribution in [1.29, 1.82) is 0 Å². The molecule has 5 aromatic rings. The van der Waals surface area contributed by atoms with E-state index in [4.69, 9.17) is 4.98 Å². The molecule has 0 aliphatic rings. The summed E-state index contributed by atoms with van der Waals surface area (Å²) >= 11 is 1.68. The average molecular weight is 318 g/mol. The number of nitrogens with one attached hydrogen (secondary N) is 2. The second-order valence-electron chi connectivity index (χ2n) is 5.12. The van der Waals surface area contributed by atoms with Gasteiger partial charge in [-0.1, -0.05) is 6.07 Å². The van der Waals surface area contributed by atoms with Gasteiger partial charge in [0.25, 0.3) is 0 Å². The molecule has 110 valence electrons. The van der Waals surface area contributed by atoms with Crippen LogP contribution in [0.15, 0.2) is 48.2 Å². The number of thiophene rings is 1. The van der Waals surface area contributed by atoms with Crippen molar-refractivity contribution in [3.05, 3.63) is 48.2 Å². The number of hydrogen-bond donors (Lipinski definition) is 2. The van der Waals surface area contributed by atoms with Gasteiger partial charge in [-0.15, -0.1) is 11.3 Å². The highest BCUT2D eigenvalue weighted by Crippen LogP contribution is 2.32. The first-order valence-electron chi connectivity index (χ1n) is 7.07. The Kier molecular flexibility index (Phi) is 2.56. The van der Waals surface area contributed by atoms with E-state index >= 15 is 0 Å². The van der Waals surface area contributed by atoms with E-state index in [0.29, 0.717) is 5.65 Å². The molecule has 0 aliphatic carbocycles. The Morgan fingerprint density at radius 2 is 2.09 bits per heavy atom. The molecule has 0 aliphatic heterocycles. The van der Waals surface area contributed by atoms with Crippen LogP contribution in [0.2, 0.25) is 0 Å². The fraction of sp³-hybridized carbons (Fsp3) is 0. The summed E-state index contributed by atoms with van der Waals surface area (Å²) < 4.78 is 0. The van der Waals surface area contributed by atoms with Gasteiger partial charge in [0.2, 0.25) is 0 Å². The molecule has 0 amide bonds. The summed E-state index contributed by atoms with van der Waals surface area (Å²) in [7, 11) is 0. The lowest BCUT2D eigenvalue weighted by Gasteiger charge is -1.96. The van der Waals surface area contributed by atoms with Crippen molar-refractivity contribution in [3.63, 3.8) is 0 Å². The van der Waals surface area contributed by atoms with Crippen molar-refractivity contribution >= 4 is 33.4 Å². The second kappa shape index (κ2) is 4.72. The van der Waals surface area contributed by atoms with Crippen molar-refractivity contribution in [2.24, 2.45) is 0 Å². The maximum absolute atomic E-state index is 4.77. The molecule has 7 heteroatoms. The number of fused-ring (bicyclic) bond motifs is 2. The Bertz CT molecular complexity index is 1120. The van der Waals surface area contributed by atoms with E-state index in [1.54, 1.807) is 23.7 Å². The molecule has 0 saturated carbocycles. The van der Waals surface area contributed by atoms with E-state index in [0.717, 1.165) is 38.4 Å². The first-order valence-corrected chi connectivity index (χ1v) is 7.95. The summed E-state index contributed by atoms with van der Waals surface area (Å²) in [5.41, 5.74) is 4.35. The smallest absolute Gasteiger partial charge is 0.181 e. The summed E-state index contributed by atoms with van der Waals surface area (Å²) in [5, 5.41) is 10.2. The normalized spacial score (nSPS) is 11.5. The fourth-order valence-electron chi connectivity index (χ4n) is 2.69. The summed E-state index contributed by atoms with van der Waals surface area (Å²) in [6.45, 7) is 0. The monoisotopic (exact) mass is 318 g/mol. The lowest BCUT2D eigenvalue weighted by Crippen LogP contribution is -1.81. The zero-order valence-corrected chi connectivity index (χ0v) is 12.6. The highest BCUT2D eigenvalue weighted by Gasteiger charge is 2.15. The standard InChI is InChI=1S/C16H10N6S/c1-3-9-14(21-22-15(9)18-5-1)16-19-11-8-17-7-10(13(11)20-16)12-4-2-6-23-12/h1-8H,(H,19,20)(H,18,21,22). The number of aromatic nitrogens is 6. The van der Waals surface area contributed by atoms with Gasteiger partial charge in [-0.2, -0.15) is 5.10 Å². The predicted molar refractivity (Wildman–Crippen MR) is 90.1 cm³/mol. The number of hydrogen-bond acceptors (Lipinski definition) is 5. The summed E-state index contributed by atoms with van der Waals surface area (Å²) in [6, 6.07) is 7.97. The third-order valence-corrected chi connectivity index (χ3v) is 4.65. The van der Waals surface area contributed by atoms with Gasteiger partial charge in [-0.05, 0) is 23.6 Å². The SMILES string of the molecule is c1csc(-c2cncc3[nH]c(-c4[nH]nc5ncccc45)nc23)c1. The Labute approximate surface area is 134 Å². The summed E-state index contributed by atoms with van der Waals surface area (Å²) in [6.07, 6.45) is 5.37. The minimum Gasteiger partial charge on any atom is -0.335 e. The number of H-pyrrole nitrogens is 2. The van der Waals surface area contributed by atoms with Gasteiger partial charge in [-0.25, -0.2) is 9.97 Å². The van der Waals surface area contributed by atoms with Crippen LogP contribution in [0.4, 0.5) is 0 Å². The number of rotatable bonds is 2. The van der Waals surface area contributed by atoms with Gasteiger partial charge in [0.1, 0.15) is 11.2 Å². The quantitative estimate of drug-likeness (QED) is 0.520. The number of pyridine rings is 2. The van der Waals surface area contributed by atoms with Crippen molar-refractivity contribution in [1.82, 2.24) is 30.1 Å². The molecule has 0 spiro atoms. The Hall–Kier alpha value is -3.06. The summed E-state index contributed by atoms with van der Waals surface area (Å²) in [5.74, 6) is 0.737. The molecule has 0 unspecified atom stereocenters. The summed E-state index contributed by atoms with van der Waals surface area (Å²) in [4.78, 5) is 17.8. The molecular formula is C16H10N6S. The lowest BCUT2D eigenvalue weighted by atomic mass is 10.2. The molecule has 0 aromatic carbocycles. The molecule has 0 atom stereocenters. The minimum atomic E-state index is 0.680. The van der Waals surface area contributed by atoms with Crippen LogP contribution in [-0.4, -0.2) is 30.1 Å². The largest absolute Gasteiger partial charge is 0.335 e. The molecule has 6 nitrogen and oxygen atoms in total. The molecule has 23 heavy (non-hydrogen) atoms. The Morgan fingerprint density at radius 1 is 1.09 bits per heavy atom. The third kappa shape index (κ3) is 1.87. The van der Waals surface area contributed by atoms with Crippen molar-refractivity contribution < 1.29 is 0 Å². The van der Waals surface area contributed by atoms with E-state index in [2.05, 4.69) is 36.6 Å². The van der Waals surface area contributed by atoms with Gasteiger partial charge >= 0.3 is 0 Å². The molecule has 5 heterocycles. The van der Waals surface area contributed by atoms with E-state index in [-0.39, 0.29) is 0 Å². The maximum Gasteiger partial charge on any atom is 0.181 e. The van der Waals surface area contributed by atoms with Gasteiger partial charge < -0.3 is 4.98 Å². The van der Waals surface area contributed by atoms with Crippen LogP contribution in [0.25, 0.3) is 44.0 Å². The highest BCUT2D eigenvalue weighted by molar-refractivity contribution is 7.13. The Balaban J connectivity index is 1.76. The van der Waals surface area contributed by atoms with Gasteiger partial charge in [0, 0.05) is 28.2 Å². The molecular weight excluding hydrogens is 308 g/mol. The van der Waals surface area contributed by atoms with Crippen LogP contribution in [0, 0.1) is 0 Å². The zero-order chi connectivity index (χ0) is 15.2. The zero-order valence-electron chi connectivity index (χ0n) is 11.8. The molecule has 5 aromatic heterocycles. The van der Waals surface area contributed by atoms with Crippen LogP contribution >= 0.6 is 11.3 Å². The van der Waals surface area contributed by atoms with Crippen molar-refractivity contribution in [3.8, 4) is 22.0 Å². The molecule has 0 bridgehead atoms. The first-order chi connectivity index (χ1) is 11.4. The van der Waals surface area contributed by atoms with E-state index in [1.807, 2.05) is 24.4 Å². The van der Waals surface area contributed by atoms with Crippen molar-refractivity contribution in [2.45, 2.75) is 0 Å². The first kappa shape index (κ1) is 12.5. The molecule has 0 fully saturated rings. The fourth-order valence-corrected chi connectivity index (χ4v) is 3.43. The molecule has 0 radical (unpaired) electrons. The number of aromatic amines is 2. The van der Waals surface area contributed by atoms with Gasteiger partial charge in [0.15, 0.2) is 11.5 Å². The van der Waals surface area contributed by atoms with Gasteiger partial charge in [0.05, 0.1) is 11.7 Å². The van der Waals surface area contributed by atoms with E-state index in [1.165, 1.54) is 0 Å². The Morgan fingerprint density at radius 3 is 3.00 bits per heavy atom. The van der Waals surface area contributed by atoms with Crippen LogP contribution in [-0.2, 0) is 0 Å². The van der Waals surface area contributed by atoms with E-state index < -0.39 is 0 Å². The third-order valence-electron chi connectivity index (χ3n) is 3.75. The average Bonchev–Trinajstić information content (AvgIpc) is 3.32. The van der Waals surface area contributed by atoms with Gasteiger partial charge in [-0.3, -0.25) is 10.1 Å². The molecule has 0 saturated heterocycles. The lowest BCUT2D eigenvalue weighted by molar-refractivity contribution is 1.09. The topological polar surface area (TPSA) is 83.1 Å². The van der Waals surface area contributed by atoms with Crippen LogP contribution in [0.5, 0.6) is 0 Å². The predicted octanol–water partition coefficient (Wildman–Crippen LogP) is 3.62.